The highest BCUT2D eigenvalue weighted by molar-refractivity contribution is 5.87. The van der Waals surface area contributed by atoms with Crippen LogP contribution >= 0.6 is 0 Å². The lowest BCUT2D eigenvalue weighted by atomic mass is 10.0. The number of hydrogen-bond donors (Lipinski definition) is 2. The van der Waals surface area contributed by atoms with Gasteiger partial charge in [0.05, 0.1) is 5.56 Å². The molecule has 0 bridgehead atoms. The molecular formula is C16H17NO2. The number of carboxylic acid groups (broad SMARTS) is 1. The fourth-order valence-corrected chi connectivity index (χ4v) is 1.93. The van der Waals surface area contributed by atoms with Gasteiger partial charge in [-0.2, -0.15) is 0 Å². The predicted molar refractivity (Wildman–Crippen MR) is 76.6 cm³/mol. The van der Waals surface area contributed by atoms with E-state index >= 15 is 0 Å². The Kier molecular flexibility index (Phi) is 3.85. The molecule has 0 fully saturated rings. The van der Waals surface area contributed by atoms with Crippen molar-refractivity contribution in [1.29, 1.82) is 0 Å². The van der Waals surface area contributed by atoms with E-state index in [1.807, 2.05) is 6.07 Å². The lowest BCUT2D eigenvalue weighted by molar-refractivity contribution is 0.0697. The number of aromatic carboxylic acids is 1. The number of nitrogens with one attached hydrogen (secondary N) is 1. The van der Waals surface area contributed by atoms with Crippen molar-refractivity contribution >= 4 is 11.7 Å². The van der Waals surface area contributed by atoms with E-state index in [1.54, 1.807) is 24.3 Å². The molecule has 2 N–H and O–H groups in total. The molecule has 0 radical (unpaired) electrons. The Morgan fingerprint density at radius 1 is 1.11 bits per heavy atom. The molecule has 0 aliphatic rings. The number of aryl methyl sites for hydroxylation is 1. The molecule has 0 spiro atoms. The molecule has 0 heterocycles. The Balaban J connectivity index is 2.06. The van der Waals surface area contributed by atoms with Crippen LogP contribution in [0.2, 0.25) is 0 Å². The zero-order valence-corrected chi connectivity index (χ0v) is 11.1. The van der Waals surface area contributed by atoms with Gasteiger partial charge >= 0.3 is 5.97 Å². The lowest BCUT2D eigenvalue weighted by Gasteiger charge is -2.11. The smallest absolute Gasteiger partial charge is 0.335 e. The molecule has 3 nitrogen and oxygen atoms in total. The second-order valence-corrected chi connectivity index (χ2v) is 4.60. The summed E-state index contributed by atoms with van der Waals surface area (Å²) in [6, 6.07) is 13.0. The number of hydrogen-bond acceptors (Lipinski definition) is 2. The largest absolute Gasteiger partial charge is 0.478 e. The van der Waals surface area contributed by atoms with Crippen molar-refractivity contribution in [3.63, 3.8) is 0 Å². The maximum absolute atomic E-state index is 10.8. The van der Waals surface area contributed by atoms with Gasteiger partial charge in [0.1, 0.15) is 0 Å². The normalized spacial score (nSPS) is 10.2. The Morgan fingerprint density at radius 3 is 2.42 bits per heavy atom. The third kappa shape index (κ3) is 3.13. The van der Waals surface area contributed by atoms with Crippen LogP contribution in [-0.4, -0.2) is 11.1 Å². The Hall–Kier alpha value is -2.29. The van der Waals surface area contributed by atoms with Gasteiger partial charge in [0.2, 0.25) is 0 Å². The zero-order chi connectivity index (χ0) is 13.8. The van der Waals surface area contributed by atoms with Gasteiger partial charge < -0.3 is 10.4 Å². The van der Waals surface area contributed by atoms with Crippen LogP contribution in [0.1, 0.15) is 27.0 Å². The summed E-state index contributed by atoms with van der Waals surface area (Å²) in [4.78, 5) is 10.8. The summed E-state index contributed by atoms with van der Waals surface area (Å²) < 4.78 is 0. The molecular weight excluding hydrogens is 238 g/mol. The van der Waals surface area contributed by atoms with Crippen LogP contribution in [0.4, 0.5) is 5.69 Å². The third-order valence-electron chi connectivity index (χ3n) is 3.33. The minimum atomic E-state index is -0.902. The molecule has 0 aliphatic heterocycles. The van der Waals surface area contributed by atoms with Gasteiger partial charge in [-0.1, -0.05) is 18.2 Å². The van der Waals surface area contributed by atoms with Crippen molar-refractivity contribution < 1.29 is 9.90 Å². The van der Waals surface area contributed by atoms with Gasteiger partial charge in [-0.05, 0) is 54.8 Å². The summed E-state index contributed by atoms with van der Waals surface area (Å²) in [5.41, 5.74) is 5.04. The number of anilines is 1. The van der Waals surface area contributed by atoms with Gasteiger partial charge in [-0.25, -0.2) is 4.79 Å². The predicted octanol–water partition coefficient (Wildman–Crippen LogP) is 3.61. The van der Waals surface area contributed by atoms with E-state index in [0.29, 0.717) is 5.56 Å². The molecule has 2 rings (SSSR count). The zero-order valence-electron chi connectivity index (χ0n) is 11.1. The summed E-state index contributed by atoms with van der Waals surface area (Å²) in [5.74, 6) is -0.902. The fourth-order valence-electron chi connectivity index (χ4n) is 1.93. The van der Waals surface area contributed by atoms with E-state index in [4.69, 9.17) is 5.11 Å². The first-order valence-electron chi connectivity index (χ1n) is 6.20. The quantitative estimate of drug-likeness (QED) is 0.877. The van der Waals surface area contributed by atoms with E-state index in [1.165, 1.54) is 16.7 Å². The summed E-state index contributed by atoms with van der Waals surface area (Å²) >= 11 is 0. The number of rotatable bonds is 4. The van der Waals surface area contributed by atoms with Gasteiger partial charge in [0.15, 0.2) is 0 Å². The van der Waals surface area contributed by atoms with Crippen LogP contribution in [0.3, 0.4) is 0 Å². The van der Waals surface area contributed by atoms with E-state index in [-0.39, 0.29) is 0 Å². The van der Waals surface area contributed by atoms with Crippen molar-refractivity contribution in [2.45, 2.75) is 20.4 Å². The second kappa shape index (κ2) is 5.57. The first-order valence-corrected chi connectivity index (χ1v) is 6.20. The second-order valence-electron chi connectivity index (χ2n) is 4.60. The van der Waals surface area contributed by atoms with Crippen molar-refractivity contribution in [1.82, 2.24) is 0 Å². The average Bonchev–Trinajstić information content (AvgIpc) is 2.41. The van der Waals surface area contributed by atoms with Crippen molar-refractivity contribution in [3.8, 4) is 0 Å². The lowest BCUT2D eigenvalue weighted by Crippen LogP contribution is -2.03. The van der Waals surface area contributed by atoms with Crippen LogP contribution < -0.4 is 5.32 Å². The molecule has 0 amide bonds. The van der Waals surface area contributed by atoms with Crippen molar-refractivity contribution in [3.05, 3.63) is 64.7 Å². The first-order chi connectivity index (χ1) is 9.08. The molecule has 0 saturated carbocycles. The fraction of sp³-hybridized carbons (Fsp3) is 0.188. The monoisotopic (exact) mass is 255 g/mol. The average molecular weight is 255 g/mol. The minimum Gasteiger partial charge on any atom is -0.478 e. The molecule has 2 aromatic carbocycles. The molecule has 0 unspecified atom stereocenters. The van der Waals surface area contributed by atoms with Crippen molar-refractivity contribution in [2.75, 3.05) is 5.32 Å². The highest BCUT2D eigenvalue weighted by Crippen LogP contribution is 2.15. The highest BCUT2D eigenvalue weighted by Gasteiger charge is 2.03. The topological polar surface area (TPSA) is 49.3 Å². The van der Waals surface area contributed by atoms with E-state index in [0.717, 1.165) is 12.2 Å². The van der Waals surface area contributed by atoms with Gasteiger partial charge in [0, 0.05) is 12.2 Å². The Labute approximate surface area is 112 Å². The number of carbonyl (C=O) groups is 1. The summed E-state index contributed by atoms with van der Waals surface area (Å²) in [5, 5.41) is 12.1. The van der Waals surface area contributed by atoms with Crippen LogP contribution in [0, 0.1) is 13.8 Å². The van der Waals surface area contributed by atoms with E-state index < -0.39 is 5.97 Å². The van der Waals surface area contributed by atoms with Crippen LogP contribution in [0.25, 0.3) is 0 Å². The molecule has 0 aliphatic carbocycles. The molecule has 0 atom stereocenters. The summed E-state index contributed by atoms with van der Waals surface area (Å²) in [6.45, 7) is 4.94. The van der Waals surface area contributed by atoms with E-state index in [9.17, 15) is 4.79 Å². The minimum absolute atomic E-state index is 0.303. The molecule has 98 valence electrons. The standard InChI is InChI=1S/C16H17NO2/c1-11-4-3-5-14(12(11)2)10-17-15-8-6-13(7-9-15)16(18)19/h3-9,17H,10H2,1-2H3,(H,18,19). The van der Waals surface area contributed by atoms with E-state index in [2.05, 4.69) is 31.3 Å². The van der Waals surface area contributed by atoms with Crippen molar-refractivity contribution in [2.24, 2.45) is 0 Å². The third-order valence-corrected chi connectivity index (χ3v) is 3.33. The Morgan fingerprint density at radius 2 is 1.79 bits per heavy atom. The number of carboxylic acids is 1. The molecule has 19 heavy (non-hydrogen) atoms. The molecule has 0 aromatic heterocycles. The first kappa shape index (κ1) is 13.1. The highest BCUT2D eigenvalue weighted by atomic mass is 16.4. The van der Waals surface area contributed by atoms with Gasteiger partial charge in [0.25, 0.3) is 0 Å². The SMILES string of the molecule is Cc1cccc(CNc2ccc(C(=O)O)cc2)c1C. The Bertz CT molecular complexity index is 588. The van der Waals surface area contributed by atoms with Gasteiger partial charge in [-0.3, -0.25) is 0 Å². The molecule has 0 saturated heterocycles. The molecule has 2 aromatic rings. The van der Waals surface area contributed by atoms with Crippen LogP contribution in [-0.2, 0) is 6.54 Å². The summed E-state index contributed by atoms with van der Waals surface area (Å²) in [7, 11) is 0. The molecule has 3 heteroatoms. The number of benzene rings is 2. The van der Waals surface area contributed by atoms with Gasteiger partial charge in [-0.15, -0.1) is 0 Å². The summed E-state index contributed by atoms with van der Waals surface area (Å²) in [6.07, 6.45) is 0. The maximum atomic E-state index is 10.8. The van der Waals surface area contributed by atoms with Crippen LogP contribution in [0.5, 0.6) is 0 Å². The van der Waals surface area contributed by atoms with Crippen LogP contribution in [0.15, 0.2) is 42.5 Å². The maximum Gasteiger partial charge on any atom is 0.335 e.